The zero-order chi connectivity index (χ0) is 25.2. The lowest BCUT2D eigenvalue weighted by Gasteiger charge is -2.15. The maximum Gasteiger partial charge on any atom is 0.341 e. The van der Waals surface area contributed by atoms with Crippen molar-refractivity contribution in [3.63, 3.8) is 0 Å². The number of benzene rings is 2. The van der Waals surface area contributed by atoms with Gasteiger partial charge in [-0.05, 0) is 47.9 Å². The number of halogens is 1. The molecule has 10 heteroatoms. The van der Waals surface area contributed by atoms with Gasteiger partial charge in [0.05, 0.1) is 21.5 Å². The van der Waals surface area contributed by atoms with Crippen molar-refractivity contribution in [2.24, 2.45) is 0 Å². The van der Waals surface area contributed by atoms with E-state index in [1.165, 1.54) is 12.3 Å². The number of imide groups is 1. The van der Waals surface area contributed by atoms with Crippen molar-refractivity contribution in [2.75, 3.05) is 11.5 Å². The highest BCUT2D eigenvalue weighted by molar-refractivity contribution is 8.00. The van der Waals surface area contributed by atoms with Gasteiger partial charge in [0, 0.05) is 29.9 Å². The first kappa shape index (κ1) is 23.8. The van der Waals surface area contributed by atoms with Crippen molar-refractivity contribution in [2.45, 2.75) is 16.7 Å². The Morgan fingerprint density at radius 1 is 1.08 bits per heavy atom. The molecule has 180 valence electrons. The number of Topliss-reactive ketones (excluding diaryl/α,β-unsaturated/α-hetero) is 1. The quantitative estimate of drug-likeness (QED) is 0.214. The van der Waals surface area contributed by atoms with Gasteiger partial charge in [0.25, 0.3) is 0 Å². The lowest BCUT2D eigenvalue weighted by molar-refractivity contribution is -0.121. The fourth-order valence-corrected chi connectivity index (χ4v) is 5.23. The Hall–Kier alpha value is -3.95. The number of carbonyl (C=O) groups is 4. The summed E-state index contributed by atoms with van der Waals surface area (Å²) in [5.74, 6) is -1.95. The third-order valence-corrected chi connectivity index (χ3v) is 7.19. The van der Waals surface area contributed by atoms with Gasteiger partial charge < -0.3 is 9.72 Å². The zero-order valence-electron chi connectivity index (χ0n) is 18.6. The summed E-state index contributed by atoms with van der Waals surface area (Å²) >= 11 is 7.05. The number of aromatic nitrogens is 2. The van der Waals surface area contributed by atoms with Crippen LogP contribution in [0.5, 0.6) is 0 Å². The number of fused-ring (bicyclic) bond motifs is 1. The van der Waals surface area contributed by atoms with Gasteiger partial charge in [-0.15, -0.1) is 0 Å². The molecule has 1 N–H and O–H groups in total. The third kappa shape index (κ3) is 4.62. The Bertz CT molecular complexity index is 1520. The first-order chi connectivity index (χ1) is 17.4. The first-order valence-corrected chi connectivity index (χ1v) is 12.2. The number of rotatable bonds is 7. The number of thioether (sulfide) groups is 1. The maximum atomic E-state index is 13.2. The zero-order valence-corrected chi connectivity index (χ0v) is 20.2. The molecule has 8 nitrogen and oxygen atoms in total. The van der Waals surface area contributed by atoms with Crippen LogP contribution in [0, 0.1) is 0 Å². The van der Waals surface area contributed by atoms with E-state index in [2.05, 4.69) is 9.97 Å². The second-order valence-corrected chi connectivity index (χ2v) is 9.56. The maximum absolute atomic E-state index is 13.2. The van der Waals surface area contributed by atoms with Crippen LogP contribution in [-0.4, -0.2) is 45.4 Å². The van der Waals surface area contributed by atoms with Crippen LogP contribution in [0.15, 0.2) is 78.1 Å². The van der Waals surface area contributed by atoms with E-state index in [0.717, 1.165) is 27.6 Å². The van der Waals surface area contributed by atoms with Gasteiger partial charge in [0.15, 0.2) is 6.61 Å². The van der Waals surface area contributed by atoms with Crippen molar-refractivity contribution in [3.8, 4) is 0 Å². The number of esters is 1. The number of anilines is 1. The largest absolute Gasteiger partial charge is 0.454 e. The van der Waals surface area contributed by atoms with E-state index >= 15 is 0 Å². The molecule has 3 heterocycles. The normalized spacial score (nSPS) is 15.5. The second kappa shape index (κ2) is 9.96. The van der Waals surface area contributed by atoms with Crippen molar-refractivity contribution in [3.05, 3.63) is 89.2 Å². The number of pyridine rings is 1. The molecular weight excluding hydrogens is 502 g/mol. The second-order valence-electron chi connectivity index (χ2n) is 7.96. The van der Waals surface area contributed by atoms with Crippen LogP contribution in [0.3, 0.4) is 0 Å². The summed E-state index contributed by atoms with van der Waals surface area (Å²) < 4.78 is 5.21. The minimum absolute atomic E-state index is 0.0394. The van der Waals surface area contributed by atoms with Crippen LogP contribution < -0.4 is 4.90 Å². The van der Waals surface area contributed by atoms with Crippen molar-refractivity contribution >= 4 is 63.5 Å². The van der Waals surface area contributed by atoms with E-state index in [-0.39, 0.29) is 33.5 Å². The summed E-state index contributed by atoms with van der Waals surface area (Å²) in [6.07, 6.45) is 3.22. The van der Waals surface area contributed by atoms with Gasteiger partial charge in [0.1, 0.15) is 5.03 Å². The van der Waals surface area contributed by atoms with E-state index in [0.29, 0.717) is 5.69 Å². The summed E-state index contributed by atoms with van der Waals surface area (Å²) in [4.78, 5) is 59.5. The highest BCUT2D eigenvalue weighted by atomic mass is 35.5. The Morgan fingerprint density at radius 3 is 2.72 bits per heavy atom. The van der Waals surface area contributed by atoms with Crippen LogP contribution in [0.2, 0.25) is 5.02 Å². The molecule has 2 aromatic carbocycles. The molecule has 2 amide bonds. The number of carbonyl (C=O) groups excluding carboxylic acids is 4. The van der Waals surface area contributed by atoms with Crippen molar-refractivity contribution in [1.82, 2.24) is 9.97 Å². The van der Waals surface area contributed by atoms with Gasteiger partial charge in [-0.3, -0.25) is 14.4 Å². The average Bonchev–Trinajstić information content (AvgIpc) is 3.46. The van der Waals surface area contributed by atoms with Gasteiger partial charge >= 0.3 is 5.97 Å². The molecule has 0 aliphatic carbocycles. The van der Waals surface area contributed by atoms with Crippen molar-refractivity contribution < 1.29 is 23.9 Å². The Balaban J connectivity index is 1.30. The first-order valence-electron chi connectivity index (χ1n) is 10.9. The van der Waals surface area contributed by atoms with E-state index in [1.807, 2.05) is 12.1 Å². The van der Waals surface area contributed by atoms with Gasteiger partial charge in [0.2, 0.25) is 17.6 Å². The number of nitrogens with zero attached hydrogens (tertiary/aromatic N) is 2. The van der Waals surface area contributed by atoms with E-state index in [4.69, 9.17) is 16.3 Å². The van der Waals surface area contributed by atoms with Crippen LogP contribution in [0.4, 0.5) is 5.69 Å². The average molecular weight is 520 g/mol. The monoisotopic (exact) mass is 519 g/mol. The van der Waals surface area contributed by atoms with Crippen molar-refractivity contribution in [1.29, 1.82) is 0 Å². The van der Waals surface area contributed by atoms with Crippen LogP contribution in [0.1, 0.15) is 27.1 Å². The standard InChI is InChI=1S/C26H18ClN3O5S/c27-19-6-2-1-4-17(19)21(31)14-35-26(34)18-5-3-10-29-24(18)36-22-13-23(32)30(25(22)33)16-8-7-15-9-11-28-20(15)12-16/h1-12,22,28H,13-14H2. The van der Waals surface area contributed by atoms with Gasteiger partial charge in [-0.2, -0.15) is 0 Å². The van der Waals surface area contributed by atoms with E-state index in [1.54, 1.807) is 48.7 Å². The molecule has 4 aromatic rings. The molecule has 0 saturated carbocycles. The summed E-state index contributed by atoms with van der Waals surface area (Å²) in [6.45, 7) is -0.503. The molecule has 5 rings (SSSR count). The van der Waals surface area contributed by atoms with Crippen LogP contribution in [-0.2, 0) is 14.3 Å². The molecule has 0 radical (unpaired) electrons. The number of ether oxygens (including phenoxy) is 1. The lowest BCUT2D eigenvalue weighted by atomic mass is 10.1. The highest BCUT2D eigenvalue weighted by Crippen LogP contribution is 2.35. The molecule has 36 heavy (non-hydrogen) atoms. The topological polar surface area (TPSA) is 109 Å². The number of hydrogen-bond acceptors (Lipinski definition) is 7. The minimum atomic E-state index is -0.767. The number of hydrogen-bond donors (Lipinski definition) is 1. The summed E-state index contributed by atoms with van der Waals surface area (Å²) in [5, 5.41) is 0.706. The molecule has 1 fully saturated rings. The molecule has 1 aliphatic rings. The number of H-pyrrole nitrogens is 1. The molecule has 1 atom stereocenters. The molecule has 0 spiro atoms. The fourth-order valence-electron chi connectivity index (χ4n) is 3.89. The smallest absolute Gasteiger partial charge is 0.341 e. The SMILES string of the molecule is O=C(COC(=O)c1cccnc1SC1CC(=O)N(c2ccc3cc[nH]c3c2)C1=O)c1ccccc1Cl. The molecule has 2 aromatic heterocycles. The van der Waals surface area contributed by atoms with Crippen LogP contribution in [0.25, 0.3) is 10.9 Å². The highest BCUT2D eigenvalue weighted by Gasteiger charge is 2.41. The van der Waals surface area contributed by atoms with Gasteiger partial charge in [-0.1, -0.05) is 41.6 Å². The Morgan fingerprint density at radius 2 is 1.89 bits per heavy atom. The number of aromatic amines is 1. The molecular formula is C26H18ClN3O5S. The predicted molar refractivity (Wildman–Crippen MR) is 135 cm³/mol. The summed E-state index contributed by atoms with van der Waals surface area (Å²) in [6, 6.07) is 16.7. The summed E-state index contributed by atoms with van der Waals surface area (Å²) in [5.41, 5.74) is 1.63. The fraction of sp³-hybridized carbons (Fsp3) is 0.115. The van der Waals surface area contributed by atoms with E-state index in [9.17, 15) is 19.2 Å². The summed E-state index contributed by atoms with van der Waals surface area (Å²) in [7, 11) is 0. The van der Waals surface area contributed by atoms with E-state index < -0.39 is 29.5 Å². The Kier molecular flexibility index (Phi) is 6.58. The molecule has 1 saturated heterocycles. The third-order valence-electron chi connectivity index (χ3n) is 5.66. The number of amides is 2. The van der Waals surface area contributed by atoms with Gasteiger partial charge in [-0.25, -0.2) is 14.7 Å². The van der Waals surface area contributed by atoms with Crippen LogP contribution >= 0.6 is 23.4 Å². The molecule has 1 unspecified atom stereocenters. The Labute approximate surface area is 214 Å². The predicted octanol–water partition coefficient (Wildman–Crippen LogP) is 4.68. The number of nitrogens with one attached hydrogen (secondary N) is 1. The lowest BCUT2D eigenvalue weighted by Crippen LogP contribution is -2.31. The number of ketones is 1. The minimum Gasteiger partial charge on any atom is -0.454 e. The molecule has 0 bridgehead atoms. The molecule has 1 aliphatic heterocycles.